The number of hydrogen-bond donors (Lipinski definition) is 2. The van der Waals surface area contributed by atoms with Crippen molar-refractivity contribution >= 4 is 11.6 Å². The van der Waals surface area contributed by atoms with Crippen molar-refractivity contribution in [3.05, 3.63) is 11.4 Å². The van der Waals surface area contributed by atoms with Gasteiger partial charge in [-0.15, -0.1) is 0 Å². The molecule has 1 unspecified atom stereocenters. The van der Waals surface area contributed by atoms with E-state index in [2.05, 4.69) is 24.3 Å². The lowest BCUT2D eigenvalue weighted by molar-refractivity contribution is 0.0925. The molecule has 1 amide bonds. The zero-order valence-electron chi connectivity index (χ0n) is 11.8. The minimum Gasteiger partial charge on any atom is -0.395 e. The number of aromatic nitrogens is 2. The molecule has 0 spiro atoms. The van der Waals surface area contributed by atoms with Crippen LogP contribution in [-0.4, -0.2) is 21.7 Å². The molecule has 0 aliphatic carbocycles. The number of hydrogen-bond acceptors (Lipinski definition) is 3. The number of carbonyl (C=O) groups excluding carboxylic acids is 1. The van der Waals surface area contributed by atoms with E-state index >= 15 is 0 Å². The average molecular weight is 252 g/mol. The summed E-state index contributed by atoms with van der Waals surface area (Å²) in [6, 6.07) is 0.210. The van der Waals surface area contributed by atoms with Crippen molar-refractivity contribution in [2.75, 3.05) is 5.73 Å². The number of nitrogen functional groups attached to an aromatic ring is 1. The summed E-state index contributed by atoms with van der Waals surface area (Å²) in [6.07, 6.45) is 3.71. The van der Waals surface area contributed by atoms with Gasteiger partial charge in [-0.3, -0.25) is 9.48 Å². The summed E-state index contributed by atoms with van der Waals surface area (Å²) in [5.41, 5.74) is 7.72. The van der Waals surface area contributed by atoms with Crippen LogP contribution in [0.25, 0.3) is 0 Å². The summed E-state index contributed by atoms with van der Waals surface area (Å²) in [7, 11) is 1.76. The highest BCUT2D eigenvalue weighted by molar-refractivity contribution is 5.98. The first-order valence-electron chi connectivity index (χ1n) is 6.67. The van der Waals surface area contributed by atoms with Crippen molar-refractivity contribution in [1.82, 2.24) is 15.1 Å². The first-order valence-corrected chi connectivity index (χ1v) is 6.67. The summed E-state index contributed by atoms with van der Waals surface area (Å²) >= 11 is 0. The van der Waals surface area contributed by atoms with Crippen molar-refractivity contribution in [1.29, 1.82) is 0 Å². The molecule has 3 N–H and O–H groups in total. The zero-order chi connectivity index (χ0) is 13.7. The fourth-order valence-corrected chi connectivity index (χ4v) is 2.11. The molecule has 0 saturated heterocycles. The molecule has 1 rings (SSSR count). The van der Waals surface area contributed by atoms with Crippen LogP contribution < -0.4 is 11.1 Å². The number of carbonyl (C=O) groups is 1. The van der Waals surface area contributed by atoms with E-state index in [9.17, 15) is 4.79 Å². The van der Waals surface area contributed by atoms with Crippen molar-refractivity contribution in [2.24, 2.45) is 7.05 Å². The predicted octanol–water partition coefficient (Wildman–Crippen LogP) is 1.87. The number of nitrogens with two attached hydrogens (primary N) is 1. The molecule has 0 fully saturated rings. The van der Waals surface area contributed by atoms with E-state index in [1.54, 1.807) is 11.7 Å². The van der Waals surface area contributed by atoms with E-state index in [1.807, 2.05) is 6.92 Å². The molecular weight excluding hydrogens is 228 g/mol. The first-order chi connectivity index (χ1) is 8.54. The second kappa shape index (κ2) is 6.42. The molecular formula is C13H24N4O. The molecule has 1 atom stereocenters. The van der Waals surface area contributed by atoms with Gasteiger partial charge in [0, 0.05) is 13.1 Å². The van der Waals surface area contributed by atoms with Crippen molar-refractivity contribution in [3.63, 3.8) is 0 Å². The normalized spacial score (nSPS) is 12.4. The highest BCUT2D eigenvalue weighted by Gasteiger charge is 2.20. The maximum Gasteiger partial charge on any atom is 0.271 e. The summed E-state index contributed by atoms with van der Waals surface area (Å²) in [5, 5.41) is 7.28. The largest absolute Gasteiger partial charge is 0.395 e. The third kappa shape index (κ3) is 3.03. The lowest BCUT2D eigenvalue weighted by Crippen LogP contribution is -2.35. The van der Waals surface area contributed by atoms with Gasteiger partial charge >= 0.3 is 0 Å². The van der Waals surface area contributed by atoms with E-state index in [0.717, 1.165) is 31.4 Å². The van der Waals surface area contributed by atoms with Crippen LogP contribution in [0.4, 0.5) is 5.69 Å². The summed E-state index contributed by atoms with van der Waals surface area (Å²) in [5.74, 6) is -0.123. The predicted molar refractivity (Wildman–Crippen MR) is 73.5 cm³/mol. The fourth-order valence-electron chi connectivity index (χ4n) is 2.11. The molecule has 1 heterocycles. The van der Waals surface area contributed by atoms with Crippen LogP contribution in [0.15, 0.2) is 0 Å². The molecule has 0 aromatic carbocycles. The maximum absolute atomic E-state index is 12.2. The molecule has 5 heteroatoms. The number of aryl methyl sites for hydroxylation is 2. The third-order valence-electron chi connectivity index (χ3n) is 3.18. The molecule has 0 aliphatic rings. The van der Waals surface area contributed by atoms with Crippen LogP contribution in [0.1, 0.15) is 56.2 Å². The van der Waals surface area contributed by atoms with E-state index in [4.69, 9.17) is 5.73 Å². The van der Waals surface area contributed by atoms with Crippen LogP contribution in [-0.2, 0) is 13.5 Å². The van der Waals surface area contributed by atoms with Gasteiger partial charge in [-0.2, -0.15) is 5.10 Å². The quantitative estimate of drug-likeness (QED) is 0.811. The van der Waals surface area contributed by atoms with Gasteiger partial charge < -0.3 is 11.1 Å². The lowest BCUT2D eigenvalue weighted by atomic mass is 10.1. The molecule has 102 valence electrons. The Morgan fingerprint density at radius 1 is 1.44 bits per heavy atom. The molecule has 5 nitrogen and oxygen atoms in total. The number of nitrogens with zero attached hydrogens (tertiary/aromatic N) is 2. The van der Waals surface area contributed by atoms with Crippen LogP contribution in [0, 0.1) is 0 Å². The highest BCUT2D eigenvalue weighted by Crippen LogP contribution is 2.17. The molecule has 0 aliphatic heterocycles. The van der Waals surface area contributed by atoms with Gasteiger partial charge in [0.1, 0.15) is 5.69 Å². The Balaban J connectivity index is 2.87. The summed E-state index contributed by atoms with van der Waals surface area (Å²) in [6.45, 7) is 6.17. The summed E-state index contributed by atoms with van der Waals surface area (Å²) < 4.78 is 1.57. The molecule has 0 saturated carbocycles. The van der Waals surface area contributed by atoms with Gasteiger partial charge in [0.05, 0.1) is 11.4 Å². The monoisotopic (exact) mass is 252 g/mol. The topological polar surface area (TPSA) is 72.9 Å². The van der Waals surface area contributed by atoms with Gasteiger partial charge in [-0.25, -0.2) is 0 Å². The van der Waals surface area contributed by atoms with E-state index < -0.39 is 0 Å². The van der Waals surface area contributed by atoms with E-state index in [1.165, 1.54) is 0 Å². The number of nitrogens with one attached hydrogen (secondary N) is 1. The van der Waals surface area contributed by atoms with Crippen molar-refractivity contribution < 1.29 is 4.79 Å². The standard InChI is InChI=1S/C13H24N4O/c1-5-8-9(6-2)15-13(18)12-11(14)10(7-3)16-17(12)4/h9H,5-8,14H2,1-4H3,(H,15,18). The van der Waals surface area contributed by atoms with Crippen LogP contribution in [0.5, 0.6) is 0 Å². The SMILES string of the molecule is CCCC(CC)NC(=O)c1c(N)c(CC)nn1C. The summed E-state index contributed by atoms with van der Waals surface area (Å²) in [4.78, 5) is 12.2. The van der Waals surface area contributed by atoms with Gasteiger partial charge in [0.25, 0.3) is 5.91 Å². The van der Waals surface area contributed by atoms with Crippen molar-refractivity contribution in [2.45, 2.75) is 52.5 Å². The van der Waals surface area contributed by atoms with Gasteiger partial charge in [-0.1, -0.05) is 27.2 Å². The maximum atomic E-state index is 12.2. The molecule has 18 heavy (non-hydrogen) atoms. The third-order valence-corrected chi connectivity index (χ3v) is 3.18. The molecule has 0 radical (unpaired) electrons. The number of rotatable bonds is 6. The second-order valence-corrected chi connectivity index (χ2v) is 4.55. The van der Waals surface area contributed by atoms with Crippen LogP contribution >= 0.6 is 0 Å². The highest BCUT2D eigenvalue weighted by atomic mass is 16.2. The van der Waals surface area contributed by atoms with Crippen LogP contribution in [0.2, 0.25) is 0 Å². The molecule has 0 bridgehead atoms. The van der Waals surface area contributed by atoms with E-state index in [0.29, 0.717) is 11.4 Å². The molecule has 1 aromatic rings. The number of amides is 1. The van der Waals surface area contributed by atoms with Gasteiger partial charge in [0.15, 0.2) is 0 Å². The van der Waals surface area contributed by atoms with Gasteiger partial charge in [-0.05, 0) is 19.3 Å². The Morgan fingerprint density at radius 3 is 2.56 bits per heavy atom. The second-order valence-electron chi connectivity index (χ2n) is 4.55. The Hall–Kier alpha value is -1.52. The van der Waals surface area contributed by atoms with Crippen molar-refractivity contribution in [3.8, 4) is 0 Å². The Kier molecular flexibility index (Phi) is 5.19. The first kappa shape index (κ1) is 14.5. The molecule has 1 aromatic heterocycles. The minimum absolute atomic E-state index is 0.123. The smallest absolute Gasteiger partial charge is 0.271 e. The fraction of sp³-hybridized carbons (Fsp3) is 0.692. The Bertz CT molecular complexity index is 411. The number of anilines is 1. The lowest BCUT2D eigenvalue weighted by Gasteiger charge is -2.16. The van der Waals surface area contributed by atoms with Crippen LogP contribution in [0.3, 0.4) is 0 Å². The Morgan fingerprint density at radius 2 is 2.11 bits per heavy atom. The Labute approximate surface area is 109 Å². The average Bonchev–Trinajstić information content (AvgIpc) is 2.63. The zero-order valence-corrected chi connectivity index (χ0v) is 11.8. The van der Waals surface area contributed by atoms with Gasteiger partial charge in [0.2, 0.25) is 0 Å². The minimum atomic E-state index is -0.123. The van der Waals surface area contributed by atoms with E-state index in [-0.39, 0.29) is 11.9 Å².